The molecule has 0 aromatic heterocycles. The first-order valence-corrected chi connectivity index (χ1v) is 22.6. The summed E-state index contributed by atoms with van der Waals surface area (Å²) < 4.78 is 32.6. The number of hydrogen-bond acceptors (Lipinski definition) is 9. The summed E-state index contributed by atoms with van der Waals surface area (Å²) >= 11 is 0. The van der Waals surface area contributed by atoms with Gasteiger partial charge in [0, 0.05) is 12.8 Å². The fourth-order valence-electron chi connectivity index (χ4n) is 6.01. The second-order valence-corrected chi connectivity index (χ2v) is 15.9. The Kier molecular flexibility index (Phi) is 35.4. The van der Waals surface area contributed by atoms with Gasteiger partial charge in [0.05, 0.1) is 13.2 Å². The molecule has 0 fully saturated rings. The van der Waals surface area contributed by atoms with Crippen LogP contribution in [0.5, 0.6) is 0 Å². The Morgan fingerprint density at radius 1 is 0.519 bits per heavy atom. The van der Waals surface area contributed by atoms with Gasteiger partial charge in [-0.15, -0.1) is 0 Å². The molecule has 308 valence electrons. The molecule has 3 atom stereocenters. The second-order valence-electron chi connectivity index (χ2n) is 14.5. The molecule has 12 heteroatoms. The van der Waals surface area contributed by atoms with Crippen molar-refractivity contribution in [2.24, 2.45) is 5.73 Å². The predicted molar refractivity (Wildman–Crippen MR) is 208 cm³/mol. The van der Waals surface area contributed by atoms with Gasteiger partial charge < -0.3 is 25.2 Å². The summed E-state index contributed by atoms with van der Waals surface area (Å²) in [6.45, 7) is 2.82. The minimum Gasteiger partial charge on any atom is -0.480 e. The largest absolute Gasteiger partial charge is 0.480 e. The van der Waals surface area contributed by atoms with Gasteiger partial charge in [0.1, 0.15) is 12.6 Å². The maximum absolute atomic E-state index is 12.6. The molecule has 0 aromatic carbocycles. The zero-order valence-electron chi connectivity index (χ0n) is 33.2. The summed E-state index contributed by atoms with van der Waals surface area (Å²) in [6, 6.07) is -1.52. The molecule has 0 aliphatic rings. The highest BCUT2D eigenvalue weighted by atomic mass is 31.2. The van der Waals surface area contributed by atoms with Crippen LogP contribution in [0.4, 0.5) is 0 Å². The molecule has 0 heterocycles. The summed E-state index contributed by atoms with van der Waals surface area (Å²) in [5.41, 5.74) is 5.32. The first-order chi connectivity index (χ1) is 25.1. The average Bonchev–Trinajstić information content (AvgIpc) is 3.12. The molecule has 1 unspecified atom stereocenters. The Morgan fingerprint density at radius 3 is 1.21 bits per heavy atom. The van der Waals surface area contributed by atoms with E-state index in [4.69, 9.17) is 24.8 Å². The molecule has 0 saturated carbocycles. The lowest BCUT2D eigenvalue weighted by molar-refractivity contribution is -0.161. The number of hydrogen-bond donors (Lipinski definition) is 3. The molecule has 11 nitrogen and oxygen atoms in total. The lowest BCUT2D eigenvalue weighted by atomic mass is 10.0. The van der Waals surface area contributed by atoms with Crippen LogP contribution in [0.25, 0.3) is 0 Å². The number of carbonyl (C=O) groups is 3. The molecule has 52 heavy (non-hydrogen) atoms. The summed E-state index contributed by atoms with van der Waals surface area (Å²) in [5.74, 6) is -2.36. The molecule has 0 rings (SSSR count). The van der Waals surface area contributed by atoms with Crippen molar-refractivity contribution in [1.29, 1.82) is 0 Å². The third kappa shape index (κ3) is 35.5. The van der Waals surface area contributed by atoms with E-state index in [-0.39, 0.29) is 19.4 Å². The van der Waals surface area contributed by atoms with Crippen molar-refractivity contribution in [3.63, 3.8) is 0 Å². The van der Waals surface area contributed by atoms with Gasteiger partial charge in [0.15, 0.2) is 6.10 Å². The number of esters is 2. The molecule has 0 aliphatic carbocycles. The van der Waals surface area contributed by atoms with Crippen LogP contribution in [0, 0.1) is 0 Å². The summed E-state index contributed by atoms with van der Waals surface area (Å²) in [4.78, 5) is 45.8. The molecule has 0 radical (unpaired) electrons. The quantitative estimate of drug-likeness (QED) is 0.0308. The zero-order valence-corrected chi connectivity index (χ0v) is 34.1. The minimum absolute atomic E-state index is 0.169. The van der Waals surface area contributed by atoms with Crippen LogP contribution in [0.15, 0.2) is 0 Å². The van der Waals surface area contributed by atoms with E-state index in [1.807, 2.05) is 0 Å². The van der Waals surface area contributed by atoms with E-state index in [9.17, 15) is 23.8 Å². The molecular weight excluding hydrogens is 685 g/mol. The highest BCUT2D eigenvalue weighted by Crippen LogP contribution is 2.43. The third-order valence-corrected chi connectivity index (χ3v) is 10.3. The van der Waals surface area contributed by atoms with Gasteiger partial charge in [-0.2, -0.15) is 0 Å². The van der Waals surface area contributed by atoms with E-state index in [1.165, 1.54) is 128 Å². The van der Waals surface area contributed by atoms with Crippen molar-refractivity contribution >= 4 is 25.7 Å². The van der Waals surface area contributed by atoms with Crippen LogP contribution >= 0.6 is 7.82 Å². The number of rotatable bonds is 40. The van der Waals surface area contributed by atoms with E-state index in [0.29, 0.717) is 12.8 Å². The number of carboxylic acid groups (broad SMARTS) is 1. The van der Waals surface area contributed by atoms with E-state index in [0.717, 1.165) is 38.5 Å². The molecule has 0 bridgehead atoms. The van der Waals surface area contributed by atoms with Crippen LogP contribution in [-0.4, -0.2) is 59.9 Å². The third-order valence-electron chi connectivity index (χ3n) is 9.36. The van der Waals surface area contributed by atoms with Crippen molar-refractivity contribution < 1.29 is 47.5 Å². The first-order valence-electron chi connectivity index (χ1n) is 21.1. The zero-order chi connectivity index (χ0) is 38.5. The van der Waals surface area contributed by atoms with Crippen molar-refractivity contribution in [2.45, 2.75) is 219 Å². The Hall–Kier alpha value is -1.52. The van der Waals surface area contributed by atoms with Crippen molar-refractivity contribution in [1.82, 2.24) is 0 Å². The molecule has 0 saturated heterocycles. The first kappa shape index (κ1) is 50.5. The Bertz CT molecular complexity index is 906. The van der Waals surface area contributed by atoms with Crippen LogP contribution in [0.3, 0.4) is 0 Å². The molecule has 0 spiro atoms. The van der Waals surface area contributed by atoms with Gasteiger partial charge in [0.2, 0.25) is 0 Å². The number of unbranched alkanes of at least 4 members (excludes halogenated alkanes) is 26. The van der Waals surface area contributed by atoms with Crippen molar-refractivity contribution in [2.75, 3.05) is 19.8 Å². The number of ether oxygens (including phenoxy) is 2. The van der Waals surface area contributed by atoms with Crippen molar-refractivity contribution in [3.05, 3.63) is 0 Å². The Morgan fingerprint density at radius 2 is 0.846 bits per heavy atom. The number of carboxylic acids is 1. The van der Waals surface area contributed by atoms with E-state index < -0.39 is 51.1 Å². The maximum atomic E-state index is 12.6. The average molecular weight is 764 g/mol. The molecule has 0 aromatic rings. The Labute approximate surface area is 316 Å². The summed E-state index contributed by atoms with van der Waals surface area (Å²) in [5, 5.41) is 8.87. The lowest BCUT2D eigenvalue weighted by Crippen LogP contribution is -2.34. The maximum Gasteiger partial charge on any atom is 0.472 e. The van der Waals surface area contributed by atoms with Crippen LogP contribution in [0.2, 0.25) is 0 Å². The van der Waals surface area contributed by atoms with Gasteiger partial charge in [0.25, 0.3) is 0 Å². The summed E-state index contributed by atoms with van der Waals surface area (Å²) in [6.07, 6.45) is 33.1. The highest BCUT2D eigenvalue weighted by Gasteiger charge is 2.28. The lowest BCUT2D eigenvalue weighted by Gasteiger charge is -2.20. The predicted octanol–water partition coefficient (Wildman–Crippen LogP) is 10.7. The van der Waals surface area contributed by atoms with Crippen LogP contribution in [0.1, 0.15) is 206 Å². The smallest absolute Gasteiger partial charge is 0.472 e. The monoisotopic (exact) mass is 764 g/mol. The van der Waals surface area contributed by atoms with Crippen LogP contribution in [-0.2, 0) is 37.5 Å². The van der Waals surface area contributed by atoms with Crippen LogP contribution < -0.4 is 5.73 Å². The topological polar surface area (TPSA) is 172 Å². The summed E-state index contributed by atoms with van der Waals surface area (Å²) in [7, 11) is -4.70. The molecular formula is C40H78NO10P. The molecule has 4 N–H and O–H groups in total. The number of phosphoric acid groups is 1. The Balaban J connectivity index is 4.34. The van der Waals surface area contributed by atoms with Gasteiger partial charge in [-0.25, -0.2) is 4.57 Å². The van der Waals surface area contributed by atoms with E-state index in [2.05, 4.69) is 18.4 Å². The van der Waals surface area contributed by atoms with Gasteiger partial charge in [-0.05, 0) is 12.8 Å². The molecule has 0 aliphatic heterocycles. The highest BCUT2D eigenvalue weighted by molar-refractivity contribution is 7.47. The number of phosphoric ester groups is 1. The van der Waals surface area contributed by atoms with Gasteiger partial charge in [-0.3, -0.25) is 23.4 Å². The second kappa shape index (κ2) is 36.5. The van der Waals surface area contributed by atoms with E-state index in [1.54, 1.807) is 0 Å². The van der Waals surface area contributed by atoms with E-state index >= 15 is 0 Å². The normalized spacial score (nSPS) is 13.8. The fraction of sp³-hybridized carbons (Fsp3) is 0.925. The number of nitrogens with two attached hydrogens (primary N) is 1. The van der Waals surface area contributed by atoms with Crippen molar-refractivity contribution in [3.8, 4) is 0 Å². The SMILES string of the molecule is CCCCCCCCCCCCCCCCCCC(=O)O[C@H](COC(=O)CCCCCCCCCCCCCC)COP(=O)(O)OC[C@H](N)C(=O)O. The van der Waals surface area contributed by atoms with Gasteiger partial charge >= 0.3 is 25.7 Å². The number of aliphatic carboxylic acids is 1. The fourth-order valence-corrected chi connectivity index (χ4v) is 6.79. The van der Waals surface area contributed by atoms with Gasteiger partial charge in [-0.1, -0.05) is 181 Å². The molecule has 0 amide bonds. The minimum atomic E-state index is -4.70. The standard InChI is InChI=1S/C40H78NO10P/c1-3-5-7-9-11-13-15-17-18-19-20-22-24-26-28-30-32-39(43)51-36(34-49-52(46,47)50-35-37(41)40(44)45)33-48-38(42)31-29-27-25-23-21-16-14-12-10-8-6-4-2/h36-37H,3-35,41H2,1-2H3,(H,44,45)(H,46,47)/t36-,37+/m1/s1. The number of carbonyl (C=O) groups excluding carboxylic acids is 2.